The number of aromatic nitrogens is 2. The number of hydrogen-bond acceptors (Lipinski definition) is 5. The van der Waals surface area contributed by atoms with Crippen LogP contribution in [0.15, 0.2) is 54.7 Å². The fourth-order valence-electron chi connectivity index (χ4n) is 3.48. The maximum atomic E-state index is 13.4. The van der Waals surface area contributed by atoms with E-state index in [0.29, 0.717) is 23.0 Å². The number of halogens is 2. The molecule has 0 aliphatic heterocycles. The molecule has 1 N–H and O–H groups in total. The van der Waals surface area contributed by atoms with Crippen molar-refractivity contribution in [2.45, 2.75) is 65.2 Å². The van der Waals surface area contributed by atoms with Crippen molar-refractivity contribution in [2.75, 3.05) is 0 Å². The Bertz CT molecular complexity index is 1230. The van der Waals surface area contributed by atoms with E-state index >= 15 is 0 Å². The van der Waals surface area contributed by atoms with Gasteiger partial charge in [-0.3, -0.25) is 0 Å². The third-order valence-electron chi connectivity index (χ3n) is 4.86. The fourth-order valence-corrected chi connectivity index (χ4v) is 4.02. The van der Waals surface area contributed by atoms with Gasteiger partial charge in [0, 0.05) is 15.6 Å². The lowest BCUT2D eigenvalue weighted by molar-refractivity contribution is 0.0474. The number of amides is 1. The van der Waals surface area contributed by atoms with E-state index in [1.165, 1.54) is 4.57 Å². The zero-order chi connectivity index (χ0) is 26.7. The molecule has 1 amide bonds. The lowest BCUT2D eigenvalue weighted by atomic mass is 10.1. The van der Waals surface area contributed by atoms with Crippen LogP contribution < -0.4 is 5.32 Å². The van der Waals surface area contributed by atoms with Gasteiger partial charge in [0.15, 0.2) is 0 Å². The second-order valence-electron chi connectivity index (χ2n) is 10.3. The number of nitrogens with one attached hydrogen (secondary N) is 1. The number of benzene rings is 2. The summed E-state index contributed by atoms with van der Waals surface area (Å²) in [5.74, 6) is 0.323. The van der Waals surface area contributed by atoms with Crippen molar-refractivity contribution in [3.63, 3.8) is 0 Å². The third-order valence-corrected chi connectivity index (χ3v) is 6.43. The number of carbonyl (C=O) groups excluding carboxylic acids is 2. The molecule has 1 atom stereocenters. The number of ether oxygens (including phenoxy) is 2. The van der Waals surface area contributed by atoms with Crippen LogP contribution in [0.4, 0.5) is 9.59 Å². The van der Waals surface area contributed by atoms with E-state index in [9.17, 15) is 9.59 Å². The Balaban J connectivity index is 2.11. The van der Waals surface area contributed by atoms with E-state index < -0.39 is 29.4 Å². The summed E-state index contributed by atoms with van der Waals surface area (Å²) in [5, 5.41) is 3.50. The van der Waals surface area contributed by atoms with Crippen molar-refractivity contribution in [2.24, 2.45) is 0 Å². The summed E-state index contributed by atoms with van der Waals surface area (Å²) in [5.41, 5.74) is 0.773. The molecule has 2 aromatic carbocycles. The quantitative estimate of drug-likeness (QED) is 0.300. The molecular weight excluding hydrogens is 593 g/mol. The van der Waals surface area contributed by atoms with Crippen LogP contribution in [0.25, 0.3) is 11.3 Å². The molecule has 36 heavy (non-hydrogen) atoms. The molecule has 3 rings (SSSR count). The first-order valence-electron chi connectivity index (χ1n) is 11.5. The summed E-state index contributed by atoms with van der Waals surface area (Å²) in [6.45, 7) is 10.8. The molecule has 0 spiro atoms. The van der Waals surface area contributed by atoms with Gasteiger partial charge < -0.3 is 14.8 Å². The minimum absolute atomic E-state index is 0.323. The van der Waals surface area contributed by atoms with E-state index in [4.69, 9.17) is 21.1 Å². The maximum Gasteiger partial charge on any atom is 0.420 e. The maximum absolute atomic E-state index is 13.4. The van der Waals surface area contributed by atoms with Crippen LogP contribution in [0.1, 0.15) is 59.0 Å². The van der Waals surface area contributed by atoms with Crippen LogP contribution in [-0.4, -0.2) is 32.9 Å². The van der Waals surface area contributed by atoms with Gasteiger partial charge in [-0.1, -0.05) is 48.0 Å². The van der Waals surface area contributed by atoms with Crippen molar-refractivity contribution in [3.05, 3.63) is 74.7 Å². The monoisotopic (exact) mass is 623 g/mol. The van der Waals surface area contributed by atoms with Crippen LogP contribution in [0.3, 0.4) is 0 Å². The molecule has 0 radical (unpaired) electrons. The van der Waals surface area contributed by atoms with Crippen LogP contribution in [0.2, 0.25) is 5.02 Å². The van der Waals surface area contributed by atoms with Crippen LogP contribution in [-0.2, 0) is 15.9 Å². The van der Waals surface area contributed by atoms with Gasteiger partial charge in [-0.25, -0.2) is 19.1 Å². The first-order valence-corrected chi connectivity index (χ1v) is 13.0. The highest BCUT2D eigenvalue weighted by atomic mass is 127. The average molecular weight is 624 g/mol. The number of alkyl carbamates (subject to hydrolysis) is 1. The van der Waals surface area contributed by atoms with Gasteiger partial charge in [0.05, 0.1) is 23.0 Å². The number of rotatable bonds is 5. The summed E-state index contributed by atoms with van der Waals surface area (Å²) in [6, 6.07) is 14.4. The molecule has 0 aliphatic carbocycles. The molecule has 1 aromatic heterocycles. The molecule has 0 fully saturated rings. The molecule has 9 heteroatoms. The Hall–Kier alpha value is -2.59. The molecule has 0 bridgehead atoms. The highest BCUT2D eigenvalue weighted by Gasteiger charge is 2.30. The molecule has 1 heterocycles. The smallest absolute Gasteiger partial charge is 0.420 e. The Morgan fingerprint density at radius 2 is 1.67 bits per heavy atom. The van der Waals surface area contributed by atoms with Gasteiger partial charge in [0.2, 0.25) is 0 Å². The predicted molar refractivity (Wildman–Crippen MR) is 149 cm³/mol. The molecule has 0 saturated heterocycles. The minimum Gasteiger partial charge on any atom is -0.444 e. The Kier molecular flexibility index (Phi) is 8.71. The third kappa shape index (κ3) is 7.70. The molecule has 1 unspecified atom stereocenters. The lowest BCUT2D eigenvalue weighted by Gasteiger charge is -2.25. The van der Waals surface area contributed by atoms with E-state index in [-0.39, 0.29) is 0 Å². The van der Waals surface area contributed by atoms with Crippen molar-refractivity contribution in [3.8, 4) is 11.3 Å². The molecular formula is C27H31ClIN3O4. The van der Waals surface area contributed by atoms with E-state index in [1.54, 1.807) is 47.7 Å². The highest BCUT2D eigenvalue weighted by molar-refractivity contribution is 14.1. The van der Waals surface area contributed by atoms with Crippen molar-refractivity contribution in [1.82, 2.24) is 14.9 Å². The largest absolute Gasteiger partial charge is 0.444 e. The van der Waals surface area contributed by atoms with Crippen molar-refractivity contribution >= 4 is 46.4 Å². The Labute approximate surface area is 230 Å². The molecule has 7 nitrogen and oxygen atoms in total. The summed E-state index contributed by atoms with van der Waals surface area (Å²) >= 11 is 8.52. The lowest BCUT2D eigenvalue weighted by Crippen LogP contribution is -2.38. The van der Waals surface area contributed by atoms with E-state index in [0.717, 1.165) is 14.7 Å². The topological polar surface area (TPSA) is 82.5 Å². The van der Waals surface area contributed by atoms with Crippen LogP contribution >= 0.6 is 34.2 Å². The van der Waals surface area contributed by atoms with Gasteiger partial charge >= 0.3 is 12.2 Å². The van der Waals surface area contributed by atoms with Crippen LogP contribution in [0.5, 0.6) is 0 Å². The summed E-state index contributed by atoms with van der Waals surface area (Å²) in [4.78, 5) is 30.9. The number of carbonyl (C=O) groups is 2. The van der Waals surface area contributed by atoms with Gasteiger partial charge in [-0.15, -0.1) is 0 Å². The fraction of sp³-hybridized carbons (Fsp3) is 0.370. The number of nitrogens with zero attached hydrogens (tertiary/aromatic N) is 2. The summed E-state index contributed by atoms with van der Waals surface area (Å²) in [6.07, 6.45) is 0.720. The number of hydrogen-bond donors (Lipinski definition) is 1. The van der Waals surface area contributed by atoms with Gasteiger partial charge in [0.1, 0.15) is 17.0 Å². The standard InChI is InChI=1S/C27H31ClIN3O4/c1-26(2,3)35-24(33)31-21(15-17-12-13-20(29)19(28)14-17)23-30-16-22(18-10-8-7-9-11-18)32(23)25(34)36-27(4,5)6/h7-14,16,21H,15H2,1-6H3,(H,31,33). The van der Waals surface area contributed by atoms with Crippen molar-refractivity contribution in [1.29, 1.82) is 0 Å². The van der Waals surface area contributed by atoms with Gasteiger partial charge in [0.25, 0.3) is 0 Å². The first kappa shape index (κ1) is 28.0. The van der Waals surface area contributed by atoms with E-state index in [1.807, 2.05) is 48.5 Å². The van der Waals surface area contributed by atoms with Crippen molar-refractivity contribution < 1.29 is 19.1 Å². The first-order chi connectivity index (χ1) is 16.7. The Morgan fingerprint density at radius 1 is 1.03 bits per heavy atom. The molecule has 192 valence electrons. The second kappa shape index (κ2) is 11.2. The zero-order valence-corrected chi connectivity index (χ0v) is 24.2. The Morgan fingerprint density at radius 3 is 2.25 bits per heavy atom. The molecule has 3 aromatic rings. The average Bonchev–Trinajstić information content (AvgIpc) is 3.19. The normalized spacial score (nSPS) is 12.7. The molecule has 0 saturated carbocycles. The number of imidazole rings is 1. The predicted octanol–water partition coefficient (Wildman–Crippen LogP) is 7.40. The summed E-state index contributed by atoms with van der Waals surface area (Å²) in [7, 11) is 0. The summed E-state index contributed by atoms with van der Waals surface area (Å²) < 4.78 is 13.6. The highest BCUT2D eigenvalue weighted by Crippen LogP contribution is 2.29. The van der Waals surface area contributed by atoms with Gasteiger partial charge in [-0.05, 0) is 81.8 Å². The second-order valence-corrected chi connectivity index (χ2v) is 11.9. The molecule has 0 aliphatic rings. The SMILES string of the molecule is CC(C)(C)OC(=O)NC(Cc1ccc(I)c(Cl)c1)c1ncc(-c2ccccc2)n1C(=O)OC(C)(C)C. The van der Waals surface area contributed by atoms with Crippen LogP contribution in [0, 0.1) is 3.57 Å². The van der Waals surface area contributed by atoms with E-state index in [2.05, 4.69) is 32.9 Å². The van der Waals surface area contributed by atoms with Gasteiger partial charge in [-0.2, -0.15) is 0 Å². The minimum atomic E-state index is -0.732. The zero-order valence-electron chi connectivity index (χ0n) is 21.3.